The van der Waals surface area contributed by atoms with Gasteiger partial charge in [-0.25, -0.2) is 13.9 Å². The summed E-state index contributed by atoms with van der Waals surface area (Å²) in [5, 5.41) is 9.51. The number of benzene rings is 3. The Balaban J connectivity index is 1.96. The zero-order valence-electron chi connectivity index (χ0n) is 15.5. The maximum Gasteiger partial charge on any atom is 0.261 e. The summed E-state index contributed by atoms with van der Waals surface area (Å²) < 4.78 is 27.9. The highest BCUT2D eigenvalue weighted by molar-refractivity contribution is 7.92. The highest BCUT2D eigenvalue weighted by Crippen LogP contribution is 2.28. The van der Waals surface area contributed by atoms with E-state index < -0.39 is 21.8 Å². The summed E-state index contributed by atoms with van der Waals surface area (Å²) in [6.07, 6.45) is 0. The van der Waals surface area contributed by atoms with Gasteiger partial charge in [0, 0.05) is 10.7 Å². The lowest BCUT2D eigenvalue weighted by atomic mass is 9.90. The lowest BCUT2D eigenvalue weighted by molar-refractivity contribution is -0.129. The van der Waals surface area contributed by atoms with Gasteiger partial charge in [-0.1, -0.05) is 60.1 Å². The van der Waals surface area contributed by atoms with Gasteiger partial charge in [-0.3, -0.25) is 14.7 Å². The Morgan fingerprint density at radius 3 is 2.31 bits per heavy atom. The number of sulfonamides is 1. The van der Waals surface area contributed by atoms with E-state index in [9.17, 15) is 13.2 Å². The summed E-state index contributed by atoms with van der Waals surface area (Å²) in [5.41, 5.74) is 3.90. The number of rotatable bonds is 6. The van der Waals surface area contributed by atoms with Gasteiger partial charge in [-0.05, 0) is 47.9 Å². The molecule has 0 saturated carbocycles. The molecule has 1 amide bonds. The second-order valence-electron chi connectivity index (χ2n) is 6.46. The third-order valence-corrected chi connectivity index (χ3v) is 6.22. The van der Waals surface area contributed by atoms with E-state index in [1.807, 2.05) is 6.07 Å². The molecule has 0 aliphatic rings. The third kappa shape index (κ3) is 4.76. The highest BCUT2D eigenvalue weighted by Gasteiger charge is 2.23. The van der Waals surface area contributed by atoms with Crippen LogP contribution in [0.5, 0.6) is 0 Å². The molecule has 0 saturated heterocycles. The molecule has 0 fully saturated rings. The fraction of sp³-hybridized carbons (Fsp3) is 0.0952. The van der Waals surface area contributed by atoms with E-state index in [2.05, 4.69) is 4.72 Å². The van der Waals surface area contributed by atoms with Crippen LogP contribution in [-0.2, 0) is 14.8 Å². The maximum atomic E-state index is 12.7. The molecule has 0 aliphatic heterocycles. The Kier molecular flexibility index (Phi) is 6.22. The summed E-state index contributed by atoms with van der Waals surface area (Å²) in [4.78, 5) is 12.3. The molecule has 8 heteroatoms. The van der Waals surface area contributed by atoms with E-state index in [1.54, 1.807) is 67.0 Å². The number of nitrogens with one attached hydrogen (secondary N) is 2. The first-order chi connectivity index (χ1) is 13.8. The topological polar surface area (TPSA) is 95.5 Å². The van der Waals surface area contributed by atoms with E-state index in [1.165, 1.54) is 12.1 Å². The van der Waals surface area contributed by atoms with Crippen LogP contribution in [0.3, 0.4) is 0 Å². The quantitative estimate of drug-likeness (QED) is 0.405. The lowest BCUT2D eigenvalue weighted by Crippen LogP contribution is -2.27. The monoisotopic (exact) mass is 430 g/mol. The molecule has 0 aromatic heterocycles. The normalized spacial score (nSPS) is 12.2. The van der Waals surface area contributed by atoms with Crippen LogP contribution in [0.15, 0.2) is 77.7 Å². The highest BCUT2D eigenvalue weighted by atomic mass is 35.5. The maximum absolute atomic E-state index is 12.7. The Morgan fingerprint density at radius 1 is 0.966 bits per heavy atom. The molecule has 0 heterocycles. The van der Waals surface area contributed by atoms with Crippen LogP contribution < -0.4 is 10.2 Å². The number of anilines is 1. The van der Waals surface area contributed by atoms with Crippen LogP contribution >= 0.6 is 11.6 Å². The average Bonchev–Trinajstić information content (AvgIpc) is 2.71. The minimum atomic E-state index is -3.87. The molecule has 0 radical (unpaired) electrons. The standard InChI is InChI=1S/C21H19ClN2O4S/c1-14-10-11-18(13-19(14)22)29(27,28)24-17-9-5-8-16(12-17)20(21(25)23-26)15-6-3-2-4-7-15/h2-13,20,24,26H,1H3,(H,23,25). The van der Waals surface area contributed by atoms with E-state index in [4.69, 9.17) is 16.8 Å². The van der Waals surface area contributed by atoms with Crippen molar-refractivity contribution in [2.24, 2.45) is 0 Å². The zero-order chi connectivity index (χ0) is 21.0. The van der Waals surface area contributed by atoms with Gasteiger partial charge in [0.2, 0.25) is 0 Å². The number of hydrogen-bond acceptors (Lipinski definition) is 4. The van der Waals surface area contributed by atoms with E-state index in [0.717, 1.165) is 5.56 Å². The molecule has 0 aliphatic carbocycles. The summed E-state index contributed by atoms with van der Waals surface area (Å²) in [5.74, 6) is -1.43. The van der Waals surface area contributed by atoms with Crippen LogP contribution in [-0.4, -0.2) is 19.5 Å². The fourth-order valence-electron chi connectivity index (χ4n) is 2.94. The molecule has 1 atom stereocenters. The predicted molar refractivity (Wildman–Crippen MR) is 112 cm³/mol. The first kappa shape index (κ1) is 20.9. The van der Waals surface area contributed by atoms with Gasteiger partial charge < -0.3 is 0 Å². The van der Waals surface area contributed by atoms with Crippen LogP contribution in [0, 0.1) is 6.92 Å². The molecule has 6 nitrogen and oxygen atoms in total. The Morgan fingerprint density at radius 2 is 1.66 bits per heavy atom. The van der Waals surface area contributed by atoms with E-state index >= 15 is 0 Å². The Labute approximate surface area is 174 Å². The number of aryl methyl sites for hydroxylation is 1. The molecular formula is C21H19ClN2O4S. The first-order valence-corrected chi connectivity index (χ1v) is 10.6. The van der Waals surface area contributed by atoms with Crippen molar-refractivity contribution in [2.75, 3.05) is 4.72 Å². The summed E-state index contributed by atoms with van der Waals surface area (Å²) in [7, 11) is -3.87. The number of hydroxylamine groups is 1. The number of carbonyl (C=O) groups excluding carboxylic acids is 1. The molecule has 0 bridgehead atoms. The fourth-order valence-corrected chi connectivity index (χ4v) is 4.26. The number of halogens is 1. The van der Waals surface area contributed by atoms with Gasteiger partial charge in [0.1, 0.15) is 0 Å². The van der Waals surface area contributed by atoms with Gasteiger partial charge in [0.15, 0.2) is 0 Å². The van der Waals surface area contributed by atoms with Gasteiger partial charge >= 0.3 is 0 Å². The van der Waals surface area contributed by atoms with Crippen LogP contribution in [0.2, 0.25) is 5.02 Å². The van der Waals surface area contributed by atoms with Crippen molar-refractivity contribution in [3.8, 4) is 0 Å². The van der Waals surface area contributed by atoms with Gasteiger partial charge in [0.25, 0.3) is 15.9 Å². The van der Waals surface area contributed by atoms with Crippen LogP contribution in [0.25, 0.3) is 0 Å². The Bertz CT molecular complexity index is 1130. The number of carbonyl (C=O) groups is 1. The number of amides is 1. The first-order valence-electron chi connectivity index (χ1n) is 8.69. The second-order valence-corrected chi connectivity index (χ2v) is 8.55. The van der Waals surface area contributed by atoms with E-state index in [0.29, 0.717) is 16.1 Å². The van der Waals surface area contributed by atoms with E-state index in [-0.39, 0.29) is 10.6 Å². The molecule has 29 heavy (non-hydrogen) atoms. The van der Waals surface area contributed by atoms with Gasteiger partial charge in [-0.2, -0.15) is 0 Å². The Hall–Kier alpha value is -2.87. The lowest BCUT2D eigenvalue weighted by Gasteiger charge is -2.17. The van der Waals surface area contributed by atoms with Gasteiger partial charge in [-0.15, -0.1) is 0 Å². The van der Waals surface area contributed by atoms with Gasteiger partial charge in [0.05, 0.1) is 10.8 Å². The van der Waals surface area contributed by atoms with Crippen molar-refractivity contribution in [1.29, 1.82) is 0 Å². The van der Waals surface area contributed by atoms with Crippen molar-refractivity contribution in [2.45, 2.75) is 17.7 Å². The summed E-state index contributed by atoms with van der Waals surface area (Å²) in [6, 6.07) is 19.8. The van der Waals surface area contributed by atoms with Crippen LogP contribution in [0.4, 0.5) is 5.69 Å². The molecule has 3 aromatic rings. The SMILES string of the molecule is Cc1ccc(S(=O)(=O)Nc2cccc(C(C(=O)NO)c3ccccc3)c2)cc1Cl. The largest absolute Gasteiger partial charge is 0.289 e. The zero-order valence-corrected chi connectivity index (χ0v) is 17.0. The smallest absolute Gasteiger partial charge is 0.261 e. The van der Waals surface area contributed by atoms with Crippen molar-refractivity contribution in [3.05, 3.63) is 94.5 Å². The van der Waals surface area contributed by atoms with Crippen molar-refractivity contribution >= 4 is 33.2 Å². The van der Waals surface area contributed by atoms with Crippen LogP contribution in [0.1, 0.15) is 22.6 Å². The minimum absolute atomic E-state index is 0.0335. The minimum Gasteiger partial charge on any atom is -0.289 e. The third-order valence-electron chi connectivity index (χ3n) is 4.43. The second kappa shape index (κ2) is 8.65. The molecule has 3 rings (SSSR count). The predicted octanol–water partition coefficient (Wildman–Crippen LogP) is 4.09. The summed E-state index contributed by atoms with van der Waals surface area (Å²) >= 11 is 6.05. The molecule has 0 spiro atoms. The van der Waals surface area contributed by atoms with Crippen molar-refractivity contribution < 1.29 is 18.4 Å². The number of hydrogen-bond donors (Lipinski definition) is 3. The molecule has 3 aromatic carbocycles. The average molecular weight is 431 g/mol. The summed E-state index contributed by atoms with van der Waals surface area (Å²) in [6.45, 7) is 1.78. The molecular weight excluding hydrogens is 412 g/mol. The van der Waals surface area contributed by atoms with Crippen molar-refractivity contribution in [1.82, 2.24) is 5.48 Å². The molecule has 150 valence electrons. The molecule has 3 N–H and O–H groups in total. The van der Waals surface area contributed by atoms with Crippen molar-refractivity contribution in [3.63, 3.8) is 0 Å². The molecule has 1 unspecified atom stereocenters.